The van der Waals surface area contributed by atoms with Gasteiger partial charge in [-0.3, -0.25) is 9.59 Å². The van der Waals surface area contributed by atoms with E-state index < -0.39 is 70.9 Å². The normalized spacial score (nSPS) is 59.3. The van der Waals surface area contributed by atoms with Crippen molar-refractivity contribution in [3.63, 3.8) is 0 Å². The quantitative estimate of drug-likeness (QED) is 0.409. The van der Waals surface area contributed by atoms with Crippen molar-refractivity contribution in [2.45, 2.75) is 75.3 Å². The molecule has 4 fully saturated rings. The van der Waals surface area contributed by atoms with Crippen molar-refractivity contribution < 1.29 is 39.1 Å². The van der Waals surface area contributed by atoms with E-state index in [1.807, 2.05) is 0 Å². The van der Waals surface area contributed by atoms with E-state index in [1.165, 1.54) is 20.8 Å². The van der Waals surface area contributed by atoms with Crippen LogP contribution in [0.1, 0.15) is 34.1 Å². The second kappa shape index (κ2) is 4.73. The lowest BCUT2D eigenvalue weighted by Gasteiger charge is -2.46. The minimum atomic E-state index is -1.82. The van der Waals surface area contributed by atoms with Crippen LogP contribution in [-0.4, -0.2) is 68.5 Å². The van der Waals surface area contributed by atoms with Crippen LogP contribution in [-0.2, 0) is 23.8 Å². The largest absolute Gasteiger partial charge is 0.462 e. The van der Waals surface area contributed by atoms with E-state index in [1.54, 1.807) is 6.92 Å². The lowest BCUT2D eigenvalue weighted by atomic mass is 9.70. The van der Waals surface area contributed by atoms with Crippen molar-refractivity contribution in [2.24, 2.45) is 17.8 Å². The Hall–Kier alpha value is -1.22. The van der Waals surface area contributed by atoms with E-state index in [-0.39, 0.29) is 6.42 Å². The molecule has 0 aromatic heterocycles. The van der Waals surface area contributed by atoms with Gasteiger partial charge in [0.05, 0.1) is 17.4 Å². The molecule has 0 aromatic carbocycles. The molecule has 0 bridgehead atoms. The third-order valence-electron chi connectivity index (χ3n) is 6.72. The van der Waals surface area contributed by atoms with Gasteiger partial charge in [-0.25, -0.2) is 0 Å². The molecule has 0 amide bonds. The van der Waals surface area contributed by atoms with Gasteiger partial charge in [0.25, 0.3) is 0 Å². The molecule has 0 radical (unpaired) electrons. The minimum Gasteiger partial charge on any atom is -0.462 e. The van der Waals surface area contributed by atoms with Crippen molar-refractivity contribution in [3.8, 4) is 0 Å². The fraction of sp³-hybridized carbons (Fsp3) is 0.882. The highest BCUT2D eigenvalue weighted by atomic mass is 16.6. The summed E-state index contributed by atoms with van der Waals surface area (Å²) in [5.74, 6) is -3.10. The number of hydrogen-bond donors (Lipinski definition) is 3. The number of esters is 2. The number of carbonyl (C=O) groups excluding carboxylic acids is 2. The molecule has 3 N–H and O–H groups in total. The van der Waals surface area contributed by atoms with Crippen LogP contribution in [0.5, 0.6) is 0 Å². The maximum atomic E-state index is 12.2. The molecule has 140 valence electrons. The summed E-state index contributed by atoms with van der Waals surface area (Å²) in [5.41, 5.74) is -5.00. The van der Waals surface area contributed by atoms with Crippen molar-refractivity contribution >= 4 is 11.9 Å². The molecule has 2 saturated heterocycles. The molecule has 8 heteroatoms. The van der Waals surface area contributed by atoms with Crippen LogP contribution in [0.3, 0.4) is 0 Å². The standard InChI is InChI=1S/C17H24O8/c1-6-9-8(23-7(2)18)5-15(3,20)17(22)11(10(9)24-14(6)19)16(4,21)12-13(17)25-12/h6,8-13,20-22H,5H2,1-4H3/t6-,8-,9+,10-,11-,12+,13-,15+,16-,17+/m0/s1. The number of carbonyl (C=O) groups is 2. The van der Waals surface area contributed by atoms with Crippen molar-refractivity contribution in [1.82, 2.24) is 0 Å². The molecule has 2 aliphatic heterocycles. The summed E-state index contributed by atoms with van der Waals surface area (Å²) in [6.07, 6.45) is -3.16. The molecule has 4 aliphatic rings. The van der Waals surface area contributed by atoms with E-state index >= 15 is 0 Å². The predicted molar refractivity (Wildman–Crippen MR) is 81.1 cm³/mol. The lowest BCUT2D eigenvalue weighted by molar-refractivity contribution is -0.231. The van der Waals surface area contributed by atoms with Gasteiger partial charge in [-0.15, -0.1) is 0 Å². The maximum Gasteiger partial charge on any atom is 0.309 e. The number of aliphatic hydroxyl groups is 3. The summed E-state index contributed by atoms with van der Waals surface area (Å²) < 4.78 is 16.4. The van der Waals surface area contributed by atoms with Crippen LogP contribution in [0.25, 0.3) is 0 Å². The SMILES string of the molecule is CC(=O)O[C@H]1C[C@@](C)(O)[C@]2(O)[C@H]3O[C@H]3[C@@](C)(O)[C@@H]2[C@H]2OC(=O)[C@@H](C)[C@@H]21. The first-order valence-electron chi connectivity index (χ1n) is 8.63. The molecular formula is C17H24O8. The molecule has 4 rings (SSSR count). The van der Waals surface area contributed by atoms with Gasteiger partial charge in [0.1, 0.15) is 35.6 Å². The summed E-state index contributed by atoms with van der Waals surface area (Å²) in [4.78, 5) is 23.8. The molecule has 2 heterocycles. The Morgan fingerprint density at radius 1 is 1.24 bits per heavy atom. The first-order chi connectivity index (χ1) is 11.4. The Morgan fingerprint density at radius 2 is 1.88 bits per heavy atom. The van der Waals surface area contributed by atoms with E-state index in [9.17, 15) is 24.9 Å². The molecular weight excluding hydrogens is 332 g/mol. The minimum absolute atomic E-state index is 0.0790. The molecule has 25 heavy (non-hydrogen) atoms. The lowest BCUT2D eigenvalue weighted by Crippen LogP contribution is -2.64. The third-order valence-corrected chi connectivity index (χ3v) is 6.72. The number of hydrogen-bond acceptors (Lipinski definition) is 8. The fourth-order valence-corrected chi connectivity index (χ4v) is 5.53. The summed E-state index contributed by atoms with van der Waals surface area (Å²) in [6, 6.07) is 0. The van der Waals surface area contributed by atoms with Gasteiger partial charge >= 0.3 is 11.9 Å². The first kappa shape index (κ1) is 17.2. The topological polar surface area (TPSA) is 126 Å². The predicted octanol–water partition coefficient (Wildman–Crippen LogP) is -0.870. The molecule has 2 saturated carbocycles. The highest BCUT2D eigenvalue weighted by Gasteiger charge is 2.83. The summed E-state index contributed by atoms with van der Waals surface area (Å²) >= 11 is 0. The zero-order chi connectivity index (χ0) is 18.5. The highest BCUT2D eigenvalue weighted by Crippen LogP contribution is 2.64. The Balaban J connectivity index is 1.86. The van der Waals surface area contributed by atoms with Crippen LogP contribution < -0.4 is 0 Å². The molecule has 8 nitrogen and oxygen atoms in total. The second-order valence-corrected chi connectivity index (χ2v) is 8.40. The van der Waals surface area contributed by atoms with Crippen LogP contribution in [0.4, 0.5) is 0 Å². The van der Waals surface area contributed by atoms with Crippen LogP contribution in [0.2, 0.25) is 0 Å². The van der Waals surface area contributed by atoms with E-state index in [0.717, 1.165) is 0 Å². The Kier molecular flexibility index (Phi) is 3.26. The van der Waals surface area contributed by atoms with Crippen molar-refractivity contribution in [2.75, 3.05) is 0 Å². The van der Waals surface area contributed by atoms with E-state index in [4.69, 9.17) is 14.2 Å². The van der Waals surface area contributed by atoms with Gasteiger partial charge in [0.15, 0.2) is 0 Å². The second-order valence-electron chi connectivity index (χ2n) is 8.40. The Labute approximate surface area is 145 Å². The van der Waals surface area contributed by atoms with Gasteiger partial charge < -0.3 is 29.5 Å². The maximum absolute atomic E-state index is 12.2. The molecule has 0 unspecified atom stereocenters. The number of rotatable bonds is 1. The van der Waals surface area contributed by atoms with Crippen LogP contribution in [0.15, 0.2) is 0 Å². The Bertz CT molecular complexity index is 643. The summed E-state index contributed by atoms with van der Waals surface area (Å²) in [5, 5.41) is 33.6. The van der Waals surface area contributed by atoms with E-state index in [2.05, 4.69) is 0 Å². The molecule has 0 aromatic rings. The monoisotopic (exact) mass is 356 g/mol. The first-order valence-corrected chi connectivity index (χ1v) is 8.63. The number of ether oxygens (including phenoxy) is 3. The van der Waals surface area contributed by atoms with Crippen LogP contribution >= 0.6 is 0 Å². The Morgan fingerprint density at radius 3 is 2.48 bits per heavy atom. The number of epoxide rings is 1. The van der Waals surface area contributed by atoms with Crippen molar-refractivity contribution in [3.05, 3.63) is 0 Å². The van der Waals surface area contributed by atoms with E-state index in [0.29, 0.717) is 0 Å². The van der Waals surface area contributed by atoms with Gasteiger partial charge in [-0.2, -0.15) is 0 Å². The van der Waals surface area contributed by atoms with Gasteiger partial charge in [-0.05, 0) is 13.8 Å². The zero-order valence-corrected chi connectivity index (χ0v) is 14.6. The van der Waals surface area contributed by atoms with Crippen molar-refractivity contribution in [1.29, 1.82) is 0 Å². The molecule has 10 atom stereocenters. The molecule has 0 spiro atoms. The smallest absolute Gasteiger partial charge is 0.309 e. The van der Waals surface area contributed by atoms with Gasteiger partial charge in [-0.1, -0.05) is 6.92 Å². The highest BCUT2D eigenvalue weighted by molar-refractivity contribution is 5.75. The molecule has 2 aliphatic carbocycles. The average Bonchev–Trinajstić information content (AvgIpc) is 3.18. The average molecular weight is 356 g/mol. The fourth-order valence-electron chi connectivity index (χ4n) is 5.53. The van der Waals surface area contributed by atoms with Crippen LogP contribution in [0, 0.1) is 17.8 Å². The summed E-state index contributed by atoms with van der Waals surface area (Å²) in [6.45, 7) is 5.90. The summed E-state index contributed by atoms with van der Waals surface area (Å²) in [7, 11) is 0. The zero-order valence-electron chi connectivity index (χ0n) is 14.6. The van der Waals surface area contributed by atoms with Gasteiger partial charge in [0, 0.05) is 19.3 Å². The third kappa shape index (κ3) is 1.96. The van der Waals surface area contributed by atoms with Gasteiger partial charge in [0.2, 0.25) is 0 Å². The number of fused-ring (bicyclic) bond motifs is 5.